The Kier molecular flexibility index (Phi) is 4.70. The van der Waals surface area contributed by atoms with Crippen LogP contribution in [0.25, 0.3) is 0 Å². The van der Waals surface area contributed by atoms with Crippen LogP contribution >= 0.6 is 0 Å². The van der Waals surface area contributed by atoms with E-state index in [-0.39, 0.29) is 0 Å². The fourth-order valence-electron chi connectivity index (χ4n) is 2.11. The Morgan fingerprint density at radius 3 is 2.54 bits per heavy atom. The number of nitrogens with one attached hydrogen (secondary N) is 1. The van der Waals surface area contributed by atoms with E-state index in [1.807, 2.05) is 0 Å². The van der Waals surface area contributed by atoms with Crippen molar-refractivity contribution >= 4 is 0 Å². The number of piperidine rings is 1. The first kappa shape index (κ1) is 11.0. The molecule has 1 rings (SSSR count). The van der Waals surface area contributed by atoms with Crippen LogP contribution in [0.15, 0.2) is 0 Å². The zero-order valence-corrected chi connectivity index (χ0v) is 8.92. The summed E-state index contributed by atoms with van der Waals surface area (Å²) in [6, 6.07) is 1.30. The van der Waals surface area contributed by atoms with Gasteiger partial charge in [-0.3, -0.25) is 11.3 Å². The lowest BCUT2D eigenvalue weighted by atomic mass is 10.0. The van der Waals surface area contributed by atoms with E-state index in [2.05, 4.69) is 24.2 Å². The van der Waals surface area contributed by atoms with Crippen LogP contribution < -0.4 is 11.3 Å². The average molecular weight is 185 g/mol. The molecule has 0 aliphatic carbocycles. The molecule has 0 aromatic heterocycles. The molecule has 0 bridgehead atoms. The van der Waals surface area contributed by atoms with Crippen molar-refractivity contribution in [2.75, 3.05) is 13.1 Å². The molecule has 0 aromatic carbocycles. The Labute approximate surface area is 81.6 Å². The molecule has 1 heterocycles. The van der Waals surface area contributed by atoms with Crippen molar-refractivity contribution in [3.8, 4) is 0 Å². The zero-order valence-electron chi connectivity index (χ0n) is 8.92. The van der Waals surface area contributed by atoms with Crippen LogP contribution in [0.5, 0.6) is 0 Å². The standard InChI is InChI=1S/C10H23N3/c1-3-4-9(2)13-7-5-10(12-11)6-8-13/h9-10,12H,3-8,11H2,1-2H3. The molecule has 1 aliphatic rings. The highest BCUT2D eigenvalue weighted by molar-refractivity contribution is 4.78. The summed E-state index contributed by atoms with van der Waals surface area (Å²) in [5.41, 5.74) is 2.87. The van der Waals surface area contributed by atoms with E-state index in [1.54, 1.807) is 0 Å². The van der Waals surface area contributed by atoms with Crippen LogP contribution in [-0.2, 0) is 0 Å². The van der Waals surface area contributed by atoms with Crippen molar-refractivity contribution in [3.05, 3.63) is 0 Å². The van der Waals surface area contributed by atoms with Crippen molar-refractivity contribution in [1.29, 1.82) is 0 Å². The second-order valence-corrected chi connectivity index (χ2v) is 4.11. The van der Waals surface area contributed by atoms with Crippen LogP contribution in [0.2, 0.25) is 0 Å². The number of rotatable bonds is 4. The normalized spacial score (nSPS) is 23.3. The molecule has 78 valence electrons. The van der Waals surface area contributed by atoms with Crippen molar-refractivity contribution in [1.82, 2.24) is 10.3 Å². The molecule has 1 atom stereocenters. The van der Waals surface area contributed by atoms with Crippen LogP contribution in [0.3, 0.4) is 0 Å². The molecule has 3 heteroatoms. The summed E-state index contributed by atoms with van der Waals surface area (Å²) in [6.07, 6.45) is 5.01. The molecule has 0 saturated carbocycles. The van der Waals surface area contributed by atoms with E-state index >= 15 is 0 Å². The molecule has 3 nitrogen and oxygen atoms in total. The van der Waals surface area contributed by atoms with Gasteiger partial charge in [0.25, 0.3) is 0 Å². The highest BCUT2D eigenvalue weighted by Crippen LogP contribution is 2.14. The van der Waals surface area contributed by atoms with Gasteiger partial charge in [-0.05, 0) is 39.3 Å². The molecule has 0 radical (unpaired) electrons. The van der Waals surface area contributed by atoms with Crippen molar-refractivity contribution < 1.29 is 0 Å². The Morgan fingerprint density at radius 1 is 1.46 bits per heavy atom. The fourth-order valence-corrected chi connectivity index (χ4v) is 2.11. The summed E-state index contributed by atoms with van der Waals surface area (Å²) in [5, 5.41) is 0. The predicted molar refractivity (Wildman–Crippen MR) is 56.3 cm³/mol. The molecule has 0 amide bonds. The van der Waals surface area contributed by atoms with Gasteiger partial charge in [0, 0.05) is 12.1 Å². The third-order valence-electron chi connectivity index (χ3n) is 3.10. The molecule has 3 N–H and O–H groups in total. The van der Waals surface area contributed by atoms with Crippen molar-refractivity contribution in [3.63, 3.8) is 0 Å². The molecular formula is C10H23N3. The fraction of sp³-hybridized carbons (Fsp3) is 1.00. The number of hydrogen-bond donors (Lipinski definition) is 2. The maximum atomic E-state index is 5.41. The van der Waals surface area contributed by atoms with Gasteiger partial charge in [0.15, 0.2) is 0 Å². The van der Waals surface area contributed by atoms with Gasteiger partial charge in [-0.1, -0.05) is 13.3 Å². The summed E-state index contributed by atoms with van der Waals surface area (Å²) in [6.45, 7) is 7.00. The van der Waals surface area contributed by atoms with E-state index in [9.17, 15) is 0 Å². The monoisotopic (exact) mass is 185 g/mol. The van der Waals surface area contributed by atoms with Crippen molar-refractivity contribution in [2.45, 2.75) is 51.6 Å². The predicted octanol–water partition coefficient (Wildman–Crippen LogP) is 1.10. The zero-order chi connectivity index (χ0) is 9.68. The Balaban J connectivity index is 2.23. The van der Waals surface area contributed by atoms with Gasteiger partial charge in [0.1, 0.15) is 0 Å². The highest BCUT2D eigenvalue weighted by atomic mass is 15.3. The quantitative estimate of drug-likeness (QED) is 0.509. The lowest BCUT2D eigenvalue weighted by Crippen LogP contribution is -2.47. The second kappa shape index (κ2) is 5.58. The summed E-state index contributed by atoms with van der Waals surface area (Å²) >= 11 is 0. The summed E-state index contributed by atoms with van der Waals surface area (Å²) < 4.78 is 0. The Bertz CT molecular complexity index is 130. The second-order valence-electron chi connectivity index (χ2n) is 4.11. The van der Waals surface area contributed by atoms with E-state index in [0.717, 1.165) is 6.04 Å². The maximum Gasteiger partial charge on any atom is 0.0234 e. The van der Waals surface area contributed by atoms with Gasteiger partial charge in [0.2, 0.25) is 0 Å². The molecule has 13 heavy (non-hydrogen) atoms. The third-order valence-corrected chi connectivity index (χ3v) is 3.10. The Hall–Kier alpha value is -0.120. The number of nitrogens with zero attached hydrogens (tertiary/aromatic N) is 1. The molecule has 0 aromatic rings. The number of nitrogens with two attached hydrogens (primary N) is 1. The molecule has 1 fully saturated rings. The first-order valence-electron chi connectivity index (χ1n) is 5.48. The minimum Gasteiger partial charge on any atom is -0.301 e. The number of hydrazine groups is 1. The molecular weight excluding hydrogens is 162 g/mol. The average Bonchev–Trinajstić information content (AvgIpc) is 2.18. The minimum atomic E-state index is 0.546. The lowest BCUT2D eigenvalue weighted by molar-refractivity contribution is 0.146. The van der Waals surface area contributed by atoms with Gasteiger partial charge in [-0.15, -0.1) is 0 Å². The molecule has 1 saturated heterocycles. The highest BCUT2D eigenvalue weighted by Gasteiger charge is 2.20. The minimum absolute atomic E-state index is 0.546. The van der Waals surface area contributed by atoms with Gasteiger partial charge >= 0.3 is 0 Å². The van der Waals surface area contributed by atoms with Crippen LogP contribution in [0.4, 0.5) is 0 Å². The van der Waals surface area contributed by atoms with Crippen LogP contribution in [0, 0.1) is 0 Å². The Morgan fingerprint density at radius 2 is 2.08 bits per heavy atom. The number of likely N-dealkylation sites (tertiary alicyclic amines) is 1. The first-order chi connectivity index (χ1) is 6.27. The van der Waals surface area contributed by atoms with Gasteiger partial charge in [0.05, 0.1) is 0 Å². The van der Waals surface area contributed by atoms with Gasteiger partial charge in [-0.2, -0.15) is 0 Å². The smallest absolute Gasteiger partial charge is 0.0234 e. The summed E-state index contributed by atoms with van der Waals surface area (Å²) in [5.74, 6) is 5.41. The number of hydrogen-bond acceptors (Lipinski definition) is 3. The topological polar surface area (TPSA) is 41.3 Å². The first-order valence-corrected chi connectivity index (χ1v) is 5.48. The lowest BCUT2D eigenvalue weighted by Gasteiger charge is -2.35. The van der Waals surface area contributed by atoms with Gasteiger partial charge in [-0.25, -0.2) is 0 Å². The largest absolute Gasteiger partial charge is 0.301 e. The van der Waals surface area contributed by atoms with Crippen LogP contribution in [-0.4, -0.2) is 30.1 Å². The molecule has 0 spiro atoms. The summed E-state index contributed by atoms with van der Waals surface area (Å²) in [4.78, 5) is 2.58. The third kappa shape index (κ3) is 3.25. The van der Waals surface area contributed by atoms with E-state index in [4.69, 9.17) is 5.84 Å². The van der Waals surface area contributed by atoms with Crippen LogP contribution in [0.1, 0.15) is 39.5 Å². The SMILES string of the molecule is CCCC(C)N1CCC(NN)CC1. The molecule has 1 aliphatic heterocycles. The summed E-state index contributed by atoms with van der Waals surface area (Å²) in [7, 11) is 0. The maximum absolute atomic E-state index is 5.41. The van der Waals surface area contributed by atoms with E-state index in [0.29, 0.717) is 6.04 Å². The van der Waals surface area contributed by atoms with E-state index < -0.39 is 0 Å². The van der Waals surface area contributed by atoms with Crippen molar-refractivity contribution in [2.24, 2.45) is 5.84 Å². The van der Waals surface area contributed by atoms with Gasteiger partial charge < -0.3 is 4.90 Å². The van der Waals surface area contributed by atoms with E-state index in [1.165, 1.54) is 38.8 Å². The molecule has 1 unspecified atom stereocenters.